The van der Waals surface area contributed by atoms with Gasteiger partial charge in [0.15, 0.2) is 11.5 Å². The maximum absolute atomic E-state index is 14.3. The first-order chi connectivity index (χ1) is 16.3. The van der Waals surface area contributed by atoms with Crippen LogP contribution in [0.25, 0.3) is 0 Å². The Balaban J connectivity index is 1.97. The summed E-state index contributed by atoms with van der Waals surface area (Å²) in [5, 5.41) is 2.54. The van der Waals surface area contributed by atoms with E-state index >= 15 is 0 Å². The summed E-state index contributed by atoms with van der Waals surface area (Å²) < 4.78 is 54.2. The topological polar surface area (TPSA) is 50.8 Å². The predicted octanol–water partition coefficient (Wildman–Crippen LogP) is 5.15. The molecule has 1 N–H and O–H groups in total. The highest BCUT2D eigenvalue weighted by Crippen LogP contribution is 2.44. The number of halogens is 3. The van der Waals surface area contributed by atoms with Crippen LogP contribution in [0.1, 0.15) is 27.0 Å². The number of hydrogen-bond acceptors (Lipinski definition) is 4. The van der Waals surface area contributed by atoms with Gasteiger partial charge in [-0.1, -0.05) is 60.7 Å². The standard InChI is InChI=1S/C26H27F3N2O3/c1-31(2)16-15-30-25(32)21-13-14-22(33-17-19-9-5-3-6-10-19)24(23(21)26(27,28)29)34-18-20-11-7-4-8-12-20/h3-14H,15-18H2,1-2H3,(H,30,32). The molecule has 0 atom stereocenters. The number of nitrogens with one attached hydrogen (secondary N) is 1. The number of hydrogen-bond donors (Lipinski definition) is 1. The molecule has 34 heavy (non-hydrogen) atoms. The maximum Gasteiger partial charge on any atom is 0.420 e. The Morgan fingerprint density at radius 1 is 0.853 bits per heavy atom. The third kappa shape index (κ3) is 6.99. The fourth-order valence-corrected chi connectivity index (χ4v) is 3.24. The van der Waals surface area contributed by atoms with Gasteiger partial charge in [-0.05, 0) is 37.4 Å². The molecular weight excluding hydrogens is 445 g/mol. The van der Waals surface area contributed by atoms with Gasteiger partial charge in [-0.25, -0.2) is 0 Å². The highest BCUT2D eigenvalue weighted by atomic mass is 19.4. The quantitative estimate of drug-likeness (QED) is 0.443. The highest BCUT2D eigenvalue weighted by molar-refractivity contribution is 5.97. The van der Waals surface area contributed by atoms with Crippen LogP contribution in [0.3, 0.4) is 0 Å². The van der Waals surface area contributed by atoms with Crippen molar-refractivity contribution in [3.8, 4) is 11.5 Å². The molecule has 0 spiro atoms. The van der Waals surface area contributed by atoms with E-state index in [4.69, 9.17) is 9.47 Å². The van der Waals surface area contributed by atoms with E-state index in [2.05, 4.69) is 5.32 Å². The molecule has 3 rings (SSSR count). The Labute approximate surface area is 197 Å². The Bertz CT molecular complexity index is 1070. The molecule has 0 radical (unpaired) electrons. The lowest BCUT2D eigenvalue weighted by Crippen LogP contribution is -2.32. The molecule has 3 aromatic carbocycles. The van der Waals surface area contributed by atoms with Crippen LogP contribution in [0.5, 0.6) is 11.5 Å². The van der Waals surface area contributed by atoms with Crippen LogP contribution in [0.15, 0.2) is 72.8 Å². The smallest absolute Gasteiger partial charge is 0.420 e. The van der Waals surface area contributed by atoms with Gasteiger partial charge in [0.05, 0.1) is 5.56 Å². The van der Waals surface area contributed by atoms with E-state index in [1.54, 1.807) is 30.3 Å². The lowest BCUT2D eigenvalue weighted by molar-refractivity contribution is -0.139. The number of alkyl halides is 3. The summed E-state index contributed by atoms with van der Waals surface area (Å²) in [5.41, 5.74) is -0.196. The Hall–Kier alpha value is -3.52. The zero-order chi connectivity index (χ0) is 24.6. The number of benzene rings is 3. The summed E-state index contributed by atoms with van der Waals surface area (Å²) in [6, 6.07) is 20.4. The molecule has 0 heterocycles. The molecular formula is C26H27F3N2O3. The van der Waals surface area contributed by atoms with Crippen LogP contribution in [0.4, 0.5) is 13.2 Å². The summed E-state index contributed by atoms with van der Waals surface area (Å²) in [4.78, 5) is 14.5. The van der Waals surface area contributed by atoms with Crippen molar-refractivity contribution >= 4 is 5.91 Å². The van der Waals surface area contributed by atoms with Gasteiger partial charge in [0.25, 0.3) is 5.91 Å². The van der Waals surface area contributed by atoms with Crippen molar-refractivity contribution in [1.82, 2.24) is 10.2 Å². The molecule has 0 aliphatic rings. The number of carbonyl (C=O) groups is 1. The second-order valence-corrected chi connectivity index (χ2v) is 7.92. The predicted molar refractivity (Wildman–Crippen MR) is 124 cm³/mol. The number of carbonyl (C=O) groups excluding carboxylic acids is 1. The lowest BCUT2D eigenvalue weighted by atomic mass is 10.0. The van der Waals surface area contributed by atoms with Crippen LogP contribution in [-0.2, 0) is 19.4 Å². The van der Waals surface area contributed by atoms with E-state index in [9.17, 15) is 18.0 Å². The fourth-order valence-electron chi connectivity index (χ4n) is 3.24. The first-order valence-electron chi connectivity index (χ1n) is 10.8. The van der Waals surface area contributed by atoms with Crippen molar-refractivity contribution in [1.29, 1.82) is 0 Å². The van der Waals surface area contributed by atoms with Gasteiger partial charge in [-0.3, -0.25) is 4.79 Å². The molecule has 0 aromatic heterocycles. The van der Waals surface area contributed by atoms with E-state index < -0.39 is 29.0 Å². The van der Waals surface area contributed by atoms with Gasteiger partial charge >= 0.3 is 6.18 Å². The molecule has 0 aliphatic carbocycles. The zero-order valence-electron chi connectivity index (χ0n) is 19.1. The molecule has 180 valence electrons. The van der Waals surface area contributed by atoms with Crippen molar-refractivity contribution in [3.05, 3.63) is 95.1 Å². The average Bonchev–Trinajstić information content (AvgIpc) is 2.81. The lowest BCUT2D eigenvalue weighted by Gasteiger charge is -2.21. The average molecular weight is 473 g/mol. The number of amides is 1. The molecule has 3 aromatic rings. The molecule has 5 nitrogen and oxygen atoms in total. The van der Waals surface area contributed by atoms with Crippen molar-refractivity contribution < 1.29 is 27.4 Å². The summed E-state index contributed by atoms with van der Waals surface area (Å²) in [5.74, 6) is -1.42. The number of likely N-dealkylation sites (N-methyl/N-ethyl adjacent to an activating group) is 1. The summed E-state index contributed by atoms with van der Waals surface area (Å²) in [6.45, 7) is 0.629. The zero-order valence-corrected chi connectivity index (χ0v) is 19.1. The summed E-state index contributed by atoms with van der Waals surface area (Å²) >= 11 is 0. The van der Waals surface area contributed by atoms with E-state index in [1.807, 2.05) is 49.3 Å². The molecule has 0 saturated heterocycles. The SMILES string of the molecule is CN(C)CCNC(=O)c1ccc(OCc2ccccc2)c(OCc2ccccc2)c1C(F)(F)F. The molecule has 0 saturated carbocycles. The molecule has 0 fully saturated rings. The van der Waals surface area contributed by atoms with Crippen LogP contribution in [-0.4, -0.2) is 38.0 Å². The highest BCUT2D eigenvalue weighted by Gasteiger charge is 2.40. The Kier molecular flexibility index (Phi) is 8.54. The monoisotopic (exact) mass is 472 g/mol. The largest absolute Gasteiger partial charge is 0.485 e. The molecule has 0 aliphatic heterocycles. The van der Waals surface area contributed by atoms with Crippen LogP contribution >= 0.6 is 0 Å². The van der Waals surface area contributed by atoms with Gasteiger partial charge in [-0.2, -0.15) is 13.2 Å². The van der Waals surface area contributed by atoms with E-state index in [0.717, 1.165) is 11.6 Å². The summed E-state index contributed by atoms with van der Waals surface area (Å²) in [7, 11) is 3.61. The van der Waals surface area contributed by atoms with Crippen LogP contribution in [0.2, 0.25) is 0 Å². The first kappa shape index (κ1) is 25.1. The van der Waals surface area contributed by atoms with Crippen molar-refractivity contribution in [2.45, 2.75) is 19.4 Å². The van der Waals surface area contributed by atoms with Gasteiger partial charge in [-0.15, -0.1) is 0 Å². The molecule has 8 heteroatoms. The minimum absolute atomic E-state index is 0.0498. The second kappa shape index (κ2) is 11.6. The minimum atomic E-state index is -4.84. The van der Waals surface area contributed by atoms with E-state index in [1.165, 1.54) is 6.07 Å². The maximum atomic E-state index is 14.3. The Morgan fingerprint density at radius 3 is 1.94 bits per heavy atom. The first-order valence-corrected chi connectivity index (χ1v) is 10.8. The van der Waals surface area contributed by atoms with Gasteiger partial charge < -0.3 is 19.7 Å². The second-order valence-electron chi connectivity index (χ2n) is 7.92. The third-order valence-corrected chi connectivity index (χ3v) is 4.96. The van der Waals surface area contributed by atoms with Crippen molar-refractivity contribution in [3.63, 3.8) is 0 Å². The number of rotatable bonds is 10. The van der Waals surface area contributed by atoms with Gasteiger partial charge in [0.2, 0.25) is 0 Å². The third-order valence-electron chi connectivity index (χ3n) is 4.96. The van der Waals surface area contributed by atoms with E-state index in [-0.39, 0.29) is 25.5 Å². The van der Waals surface area contributed by atoms with Crippen LogP contribution < -0.4 is 14.8 Å². The van der Waals surface area contributed by atoms with E-state index in [0.29, 0.717) is 12.1 Å². The minimum Gasteiger partial charge on any atom is -0.485 e. The summed E-state index contributed by atoms with van der Waals surface area (Å²) in [6.07, 6.45) is -4.84. The normalized spacial score (nSPS) is 11.4. The van der Waals surface area contributed by atoms with Gasteiger partial charge in [0, 0.05) is 13.1 Å². The molecule has 0 unspecified atom stereocenters. The van der Waals surface area contributed by atoms with Gasteiger partial charge in [0.1, 0.15) is 18.8 Å². The molecule has 0 bridgehead atoms. The number of ether oxygens (including phenoxy) is 2. The fraction of sp³-hybridized carbons (Fsp3) is 0.269. The van der Waals surface area contributed by atoms with Crippen LogP contribution in [0, 0.1) is 0 Å². The van der Waals surface area contributed by atoms with Crippen molar-refractivity contribution in [2.24, 2.45) is 0 Å². The van der Waals surface area contributed by atoms with Crippen molar-refractivity contribution in [2.75, 3.05) is 27.2 Å². The Morgan fingerprint density at radius 2 is 1.41 bits per heavy atom. The molecule has 1 amide bonds. The number of nitrogens with zero attached hydrogens (tertiary/aromatic N) is 1.